The van der Waals surface area contributed by atoms with Gasteiger partial charge in [-0.05, 0) is 18.6 Å². The molecular formula is C12H14N4O2S. The van der Waals surface area contributed by atoms with Crippen LogP contribution in [0.5, 0.6) is 0 Å². The SMILES string of the molecule is CCc1cn[nH]c1NC(=O)c1ccc(NC(C)=O)s1. The smallest absolute Gasteiger partial charge is 0.266 e. The number of thiophene rings is 1. The first kappa shape index (κ1) is 13.3. The molecule has 0 bridgehead atoms. The van der Waals surface area contributed by atoms with Gasteiger partial charge in [0.05, 0.1) is 16.1 Å². The molecule has 0 radical (unpaired) electrons. The highest BCUT2D eigenvalue weighted by molar-refractivity contribution is 7.18. The number of aryl methyl sites for hydroxylation is 1. The lowest BCUT2D eigenvalue weighted by Gasteiger charge is -2.02. The number of amides is 2. The zero-order chi connectivity index (χ0) is 13.8. The predicted octanol–water partition coefficient (Wildman–Crippen LogP) is 2.24. The average molecular weight is 278 g/mol. The average Bonchev–Trinajstić information content (AvgIpc) is 2.97. The third-order valence-corrected chi connectivity index (χ3v) is 3.47. The summed E-state index contributed by atoms with van der Waals surface area (Å²) in [5.74, 6) is 0.234. The summed E-state index contributed by atoms with van der Waals surface area (Å²) < 4.78 is 0. The number of rotatable bonds is 4. The normalized spacial score (nSPS) is 10.2. The number of hydrogen-bond donors (Lipinski definition) is 3. The molecule has 3 N–H and O–H groups in total. The minimum Gasteiger partial charge on any atom is -0.318 e. The van der Waals surface area contributed by atoms with Crippen molar-refractivity contribution in [2.24, 2.45) is 0 Å². The van der Waals surface area contributed by atoms with Crippen LogP contribution < -0.4 is 10.6 Å². The summed E-state index contributed by atoms with van der Waals surface area (Å²) in [6.07, 6.45) is 2.47. The van der Waals surface area contributed by atoms with E-state index in [-0.39, 0.29) is 11.8 Å². The van der Waals surface area contributed by atoms with Crippen molar-refractivity contribution >= 4 is 34.0 Å². The van der Waals surface area contributed by atoms with E-state index in [1.165, 1.54) is 18.3 Å². The first-order valence-corrected chi connectivity index (χ1v) is 6.62. The van der Waals surface area contributed by atoms with E-state index in [0.717, 1.165) is 12.0 Å². The van der Waals surface area contributed by atoms with Crippen LogP contribution >= 0.6 is 11.3 Å². The molecule has 6 nitrogen and oxygen atoms in total. The maximum absolute atomic E-state index is 12.0. The maximum Gasteiger partial charge on any atom is 0.266 e. The quantitative estimate of drug-likeness (QED) is 0.801. The molecule has 0 fully saturated rings. The highest BCUT2D eigenvalue weighted by Crippen LogP contribution is 2.23. The third-order valence-electron chi connectivity index (χ3n) is 2.47. The van der Waals surface area contributed by atoms with Crippen LogP contribution in [0.4, 0.5) is 10.8 Å². The van der Waals surface area contributed by atoms with Crippen LogP contribution in [0.1, 0.15) is 29.1 Å². The van der Waals surface area contributed by atoms with E-state index in [9.17, 15) is 9.59 Å². The molecule has 0 aliphatic heterocycles. The summed E-state index contributed by atoms with van der Waals surface area (Å²) in [7, 11) is 0. The lowest BCUT2D eigenvalue weighted by Crippen LogP contribution is -2.11. The van der Waals surface area contributed by atoms with E-state index in [1.54, 1.807) is 18.3 Å². The van der Waals surface area contributed by atoms with E-state index >= 15 is 0 Å². The van der Waals surface area contributed by atoms with Gasteiger partial charge in [-0.1, -0.05) is 6.92 Å². The van der Waals surface area contributed by atoms with Crippen LogP contribution in [0.25, 0.3) is 0 Å². The zero-order valence-electron chi connectivity index (χ0n) is 10.6. The van der Waals surface area contributed by atoms with Crippen molar-refractivity contribution in [1.29, 1.82) is 0 Å². The fourth-order valence-electron chi connectivity index (χ4n) is 1.56. The van der Waals surface area contributed by atoms with Gasteiger partial charge in [-0.2, -0.15) is 5.10 Å². The van der Waals surface area contributed by atoms with Crippen molar-refractivity contribution in [2.75, 3.05) is 10.6 Å². The Morgan fingerprint density at radius 1 is 1.37 bits per heavy atom. The van der Waals surface area contributed by atoms with Crippen molar-refractivity contribution in [3.8, 4) is 0 Å². The van der Waals surface area contributed by atoms with Gasteiger partial charge in [0.25, 0.3) is 5.91 Å². The minimum absolute atomic E-state index is 0.157. The number of aromatic amines is 1. The van der Waals surface area contributed by atoms with Crippen molar-refractivity contribution in [3.63, 3.8) is 0 Å². The molecule has 0 aromatic carbocycles. The molecule has 0 saturated heterocycles. The van der Waals surface area contributed by atoms with E-state index in [2.05, 4.69) is 20.8 Å². The van der Waals surface area contributed by atoms with Gasteiger partial charge >= 0.3 is 0 Å². The Morgan fingerprint density at radius 2 is 2.16 bits per heavy atom. The summed E-state index contributed by atoms with van der Waals surface area (Å²) in [4.78, 5) is 23.5. The van der Waals surface area contributed by atoms with E-state index in [0.29, 0.717) is 15.7 Å². The largest absolute Gasteiger partial charge is 0.318 e. The van der Waals surface area contributed by atoms with Gasteiger partial charge in [-0.15, -0.1) is 11.3 Å². The maximum atomic E-state index is 12.0. The number of nitrogens with zero attached hydrogens (tertiary/aromatic N) is 1. The Kier molecular flexibility index (Phi) is 3.96. The Hall–Kier alpha value is -2.15. The van der Waals surface area contributed by atoms with Gasteiger partial charge < -0.3 is 10.6 Å². The highest BCUT2D eigenvalue weighted by Gasteiger charge is 2.12. The summed E-state index contributed by atoms with van der Waals surface area (Å²) in [6.45, 7) is 3.41. The van der Waals surface area contributed by atoms with Crippen LogP contribution in [-0.4, -0.2) is 22.0 Å². The molecule has 100 valence electrons. The summed E-state index contributed by atoms with van der Waals surface area (Å²) >= 11 is 1.23. The van der Waals surface area contributed by atoms with Gasteiger partial charge in [0.2, 0.25) is 5.91 Å². The molecule has 0 atom stereocenters. The van der Waals surface area contributed by atoms with Crippen LogP contribution in [0.3, 0.4) is 0 Å². The van der Waals surface area contributed by atoms with Crippen LogP contribution in [-0.2, 0) is 11.2 Å². The van der Waals surface area contributed by atoms with E-state index < -0.39 is 0 Å². The lowest BCUT2D eigenvalue weighted by atomic mass is 10.2. The number of H-pyrrole nitrogens is 1. The summed E-state index contributed by atoms with van der Waals surface area (Å²) in [5.41, 5.74) is 0.951. The van der Waals surface area contributed by atoms with Crippen molar-refractivity contribution in [3.05, 3.63) is 28.8 Å². The lowest BCUT2D eigenvalue weighted by molar-refractivity contribution is -0.114. The number of nitrogens with one attached hydrogen (secondary N) is 3. The Morgan fingerprint density at radius 3 is 2.84 bits per heavy atom. The fourth-order valence-corrected chi connectivity index (χ4v) is 2.41. The van der Waals surface area contributed by atoms with Gasteiger partial charge in [-0.25, -0.2) is 0 Å². The number of hydrogen-bond acceptors (Lipinski definition) is 4. The topological polar surface area (TPSA) is 86.9 Å². The molecule has 7 heteroatoms. The molecule has 2 heterocycles. The molecule has 2 amide bonds. The first-order valence-electron chi connectivity index (χ1n) is 5.81. The van der Waals surface area contributed by atoms with Gasteiger partial charge in [0.15, 0.2) is 0 Å². The van der Waals surface area contributed by atoms with Crippen molar-refractivity contribution in [1.82, 2.24) is 10.2 Å². The van der Waals surface area contributed by atoms with Crippen LogP contribution in [0.2, 0.25) is 0 Å². The molecular weight excluding hydrogens is 264 g/mol. The predicted molar refractivity (Wildman–Crippen MR) is 74.5 cm³/mol. The minimum atomic E-state index is -0.222. The second-order valence-electron chi connectivity index (χ2n) is 3.92. The van der Waals surface area contributed by atoms with Crippen molar-refractivity contribution < 1.29 is 9.59 Å². The molecule has 0 spiro atoms. The Labute approximate surface area is 114 Å². The number of anilines is 2. The Balaban J connectivity index is 2.08. The van der Waals surface area contributed by atoms with E-state index in [4.69, 9.17) is 0 Å². The second kappa shape index (κ2) is 5.66. The molecule has 0 saturated carbocycles. The van der Waals surface area contributed by atoms with Crippen LogP contribution in [0.15, 0.2) is 18.3 Å². The highest BCUT2D eigenvalue weighted by atomic mass is 32.1. The van der Waals surface area contributed by atoms with Gasteiger partial charge in [0.1, 0.15) is 5.82 Å². The zero-order valence-corrected chi connectivity index (χ0v) is 11.4. The number of carbonyl (C=O) groups is 2. The van der Waals surface area contributed by atoms with Crippen LogP contribution in [0, 0.1) is 0 Å². The number of carbonyl (C=O) groups excluding carboxylic acids is 2. The summed E-state index contributed by atoms with van der Waals surface area (Å²) in [6, 6.07) is 3.38. The standard InChI is InChI=1S/C12H14N4O2S/c1-3-8-6-13-16-11(8)15-12(18)9-4-5-10(19-9)14-7(2)17/h4-6H,3H2,1-2H3,(H,14,17)(H2,13,15,16,18). The van der Waals surface area contributed by atoms with E-state index in [1.807, 2.05) is 6.92 Å². The molecule has 0 aliphatic rings. The fraction of sp³-hybridized carbons (Fsp3) is 0.250. The van der Waals surface area contributed by atoms with Gasteiger partial charge in [-0.3, -0.25) is 14.7 Å². The molecule has 2 aromatic rings. The molecule has 19 heavy (non-hydrogen) atoms. The monoisotopic (exact) mass is 278 g/mol. The molecule has 0 aliphatic carbocycles. The Bertz CT molecular complexity index is 602. The molecule has 0 unspecified atom stereocenters. The second-order valence-corrected chi connectivity index (χ2v) is 5.01. The third kappa shape index (κ3) is 3.19. The number of aromatic nitrogens is 2. The first-order chi connectivity index (χ1) is 9.10. The summed E-state index contributed by atoms with van der Waals surface area (Å²) in [5, 5.41) is 12.7. The van der Waals surface area contributed by atoms with Crippen molar-refractivity contribution in [2.45, 2.75) is 20.3 Å². The molecule has 2 aromatic heterocycles. The van der Waals surface area contributed by atoms with Gasteiger partial charge in [0, 0.05) is 12.5 Å². The molecule has 2 rings (SSSR count).